The molecule has 132 valence electrons. The van der Waals surface area contributed by atoms with Gasteiger partial charge in [0.1, 0.15) is 18.1 Å². The third-order valence-electron chi connectivity index (χ3n) is 4.18. The number of carbonyl (C=O) groups excluding carboxylic acids is 1. The van der Waals surface area contributed by atoms with E-state index in [-0.39, 0.29) is 19.3 Å². The van der Waals surface area contributed by atoms with Gasteiger partial charge in [0.25, 0.3) is 5.91 Å². The number of carbonyl (C=O) groups is 1. The molecule has 0 spiro atoms. The number of H-pyrrole nitrogens is 1. The summed E-state index contributed by atoms with van der Waals surface area (Å²) in [7, 11) is 0. The number of amides is 1. The SMILES string of the molecule is O=C(NC[C@H]1CCOC1)c1cc(COc2ccc3c(c2)OCO3)[nH]n1. The standard InChI is InChI=1S/C17H19N3O5/c21-17(18-7-11-3-4-22-8-11)14-5-12(19-20-14)9-23-13-1-2-15-16(6-13)25-10-24-15/h1-2,5-6,11H,3-4,7-10H2,(H,18,21)(H,19,20)/t11-/m1/s1. The molecule has 0 aliphatic carbocycles. The van der Waals surface area contributed by atoms with E-state index in [2.05, 4.69) is 15.5 Å². The van der Waals surface area contributed by atoms with Gasteiger partial charge in [-0.05, 0) is 24.6 Å². The molecule has 0 saturated carbocycles. The average Bonchev–Trinajstić information content (AvgIpc) is 3.39. The third-order valence-corrected chi connectivity index (χ3v) is 4.18. The minimum atomic E-state index is -0.197. The van der Waals surface area contributed by atoms with Crippen molar-refractivity contribution in [3.63, 3.8) is 0 Å². The number of rotatable bonds is 6. The van der Waals surface area contributed by atoms with Gasteiger partial charge in [-0.2, -0.15) is 5.10 Å². The van der Waals surface area contributed by atoms with E-state index in [0.717, 1.165) is 13.0 Å². The molecule has 1 aromatic carbocycles. The summed E-state index contributed by atoms with van der Waals surface area (Å²) in [6.45, 7) is 2.58. The highest BCUT2D eigenvalue weighted by Gasteiger charge is 2.18. The van der Waals surface area contributed by atoms with E-state index in [9.17, 15) is 4.79 Å². The number of hydrogen-bond acceptors (Lipinski definition) is 6. The van der Waals surface area contributed by atoms with Crippen LogP contribution in [0.4, 0.5) is 0 Å². The predicted octanol–water partition coefficient (Wildman–Crippen LogP) is 1.48. The first-order valence-corrected chi connectivity index (χ1v) is 8.20. The van der Waals surface area contributed by atoms with Crippen LogP contribution in [0.2, 0.25) is 0 Å². The summed E-state index contributed by atoms with van der Waals surface area (Å²) in [6, 6.07) is 7.07. The number of nitrogens with zero attached hydrogens (tertiary/aromatic N) is 1. The molecule has 1 aromatic heterocycles. The lowest BCUT2D eigenvalue weighted by molar-refractivity contribution is 0.0940. The maximum absolute atomic E-state index is 12.1. The molecule has 25 heavy (non-hydrogen) atoms. The zero-order chi connectivity index (χ0) is 17.1. The van der Waals surface area contributed by atoms with E-state index in [4.69, 9.17) is 18.9 Å². The summed E-state index contributed by atoms with van der Waals surface area (Å²) in [5.41, 5.74) is 1.07. The summed E-state index contributed by atoms with van der Waals surface area (Å²) >= 11 is 0. The molecule has 0 unspecified atom stereocenters. The van der Waals surface area contributed by atoms with Crippen molar-refractivity contribution in [2.75, 3.05) is 26.6 Å². The second kappa shape index (κ2) is 7.02. The second-order valence-electron chi connectivity index (χ2n) is 6.02. The molecule has 0 bridgehead atoms. The molecule has 2 aliphatic rings. The van der Waals surface area contributed by atoms with Crippen molar-refractivity contribution < 1.29 is 23.7 Å². The zero-order valence-corrected chi connectivity index (χ0v) is 13.6. The number of aromatic amines is 1. The number of hydrogen-bond donors (Lipinski definition) is 2. The van der Waals surface area contributed by atoms with Crippen molar-refractivity contribution >= 4 is 5.91 Å². The molecule has 1 atom stereocenters. The molecule has 8 nitrogen and oxygen atoms in total. The minimum Gasteiger partial charge on any atom is -0.487 e. The Labute approximate surface area is 144 Å². The van der Waals surface area contributed by atoms with Gasteiger partial charge in [0, 0.05) is 25.1 Å². The van der Waals surface area contributed by atoms with Crippen molar-refractivity contribution in [1.29, 1.82) is 0 Å². The highest BCUT2D eigenvalue weighted by atomic mass is 16.7. The summed E-state index contributed by atoms with van der Waals surface area (Å²) in [5.74, 6) is 2.22. The molecule has 3 heterocycles. The first kappa shape index (κ1) is 15.8. The van der Waals surface area contributed by atoms with Gasteiger partial charge in [0.2, 0.25) is 6.79 Å². The van der Waals surface area contributed by atoms with Gasteiger partial charge < -0.3 is 24.3 Å². The Morgan fingerprint density at radius 3 is 3.12 bits per heavy atom. The van der Waals surface area contributed by atoms with Gasteiger partial charge in [0.15, 0.2) is 11.5 Å². The fourth-order valence-corrected chi connectivity index (χ4v) is 2.75. The van der Waals surface area contributed by atoms with E-state index >= 15 is 0 Å². The van der Waals surface area contributed by atoms with Gasteiger partial charge >= 0.3 is 0 Å². The van der Waals surface area contributed by atoms with Crippen LogP contribution < -0.4 is 19.5 Å². The Kier molecular flexibility index (Phi) is 4.43. The Morgan fingerprint density at radius 1 is 1.32 bits per heavy atom. The Balaban J connectivity index is 1.29. The normalized spacial score (nSPS) is 18.3. The second-order valence-corrected chi connectivity index (χ2v) is 6.02. The van der Waals surface area contributed by atoms with Crippen molar-refractivity contribution in [2.45, 2.75) is 13.0 Å². The van der Waals surface area contributed by atoms with Crippen LogP contribution in [0.1, 0.15) is 22.6 Å². The number of benzene rings is 1. The quantitative estimate of drug-likeness (QED) is 0.824. The molecule has 1 amide bonds. The maximum atomic E-state index is 12.1. The topological polar surface area (TPSA) is 94.7 Å². The lowest BCUT2D eigenvalue weighted by Gasteiger charge is -2.07. The van der Waals surface area contributed by atoms with Gasteiger partial charge in [-0.25, -0.2) is 0 Å². The van der Waals surface area contributed by atoms with Crippen LogP contribution >= 0.6 is 0 Å². The summed E-state index contributed by atoms with van der Waals surface area (Å²) in [5, 5.41) is 9.74. The molecule has 2 aromatic rings. The maximum Gasteiger partial charge on any atom is 0.271 e. The predicted molar refractivity (Wildman–Crippen MR) is 86.7 cm³/mol. The highest BCUT2D eigenvalue weighted by Crippen LogP contribution is 2.35. The molecule has 2 N–H and O–H groups in total. The monoisotopic (exact) mass is 345 g/mol. The largest absolute Gasteiger partial charge is 0.487 e. The van der Waals surface area contributed by atoms with E-state index < -0.39 is 0 Å². The van der Waals surface area contributed by atoms with Crippen LogP contribution in [0, 0.1) is 5.92 Å². The van der Waals surface area contributed by atoms with Gasteiger partial charge in [-0.1, -0.05) is 0 Å². The van der Waals surface area contributed by atoms with E-state index in [1.54, 1.807) is 24.3 Å². The van der Waals surface area contributed by atoms with Crippen LogP contribution in [0.3, 0.4) is 0 Å². The van der Waals surface area contributed by atoms with Crippen LogP contribution in [-0.2, 0) is 11.3 Å². The highest BCUT2D eigenvalue weighted by molar-refractivity contribution is 5.92. The van der Waals surface area contributed by atoms with Crippen molar-refractivity contribution in [3.05, 3.63) is 35.7 Å². The Hall–Kier alpha value is -2.74. The lowest BCUT2D eigenvalue weighted by atomic mass is 10.1. The fraction of sp³-hybridized carbons (Fsp3) is 0.412. The Bertz CT molecular complexity index is 754. The molecule has 0 radical (unpaired) electrons. The lowest BCUT2D eigenvalue weighted by Crippen LogP contribution is -2.29. The first-order valence-electron chi connectivity index (χ1n) is 8.20. The average molecular weight is 345 g/mol. The number of ether oxygens (including phenoxy) is 4. The van der Waals surface area contributed by atoms with Gasteiger partial charge in [-0.3, -0.25) is 9.89 Å². The van der Waals surface area contributed by atoms with Crippen LogP contribution in [0.15, 0.2) is 24.3 Å². The number of fused-ring (bicyclic) bond motifs is 1. The van der Waals surface area contributed by atoms with Gasteiger partial charge in [-0.15, -0.1) is 0 Å². The molecule has 8 heteroatoms. The minimum absolute atomic E-state index is 0.197. The molecule has 1 fully saturated rings. The third kappa shape index (κ3) is 3.69. The van der Waals surface area contributed by atoms with E-state index in [1.165, 1.54) is 0 Å². The number of nitrogens with one attached hydrogen (secondary N) is 2. The molecular formula is C17H19N3O5. The van der Waals surface area contributed by atoms with E-state index in [0.29, 0.717) is 47.7 Å². The Morgan fingerprint density at radius 2 is 2.24 bits per heavy atom. The van der Waals surface area contributed by atoms with Crippen LogP contribution in [0.25, 0.3) is 0 Å². The van der Waals surface area contributed by atoms with Crippen molar-refractivity contribution in [1.82, 2.24) is 15.5 Å². The summed E-state index contributed by atoms with van der Waals surface area (Å²) in [4.78, 5) is 12.1. The smallest absolute Gasteiger partial charge is 0.271 e. The molecule has 2 aliphatic heterocycles. The fourth-order valence-electron chi connectivity index (χ4n) is 2.75. The molecule has 4 rings (SSSR count). The molecular weight excluding hydrogens is 326 g/mol. The van der Waals surface area contributed by atoms with Crippen LogP contribution in [-0.4, -0.2) is 42.7 Å². The number of aromatic nitrogens is 2. The van der Waals surface area contributed by atoms with Crippen LogP contribution in [0.5, 0.6) is 17.2 Å². The van der Waals surface area contributed by atoms with Crippen molar-refractivity contribution in [2.24, 2.45) is 5.92 Å². The molecule has 1 saturated heterocycles. The summed E-state index contributed by atoms with van der Waals surface area (Å²) in [6.07, 6.45) is 0.982. The van der Waals surface area contributed by atoms with E-state index in [1.807, 2.05) is 0 Å². The summed E-state index contributed by atoms with van der Waals surface area (Å²) < 4.78 is 21.6. The first-order chi connectivity index (χ1) is 12.3. The van der Waals surface area contributed by atoms with Gasteiger partial charge in [0.05, 0.1) is 12.3 Å². The zero-order valence-electron chi connectivity index (χ0n) is 13.6. The van der Waals surface area contributed by atoms with Crippen molar-refractivity contribution in [3.8, 4) is 17.2 Å².